The number of carboxylic acid groups (broad SMARTS) is 3. The number of amides is 1. The second kappa shape index (κ2) is 16.8. The molecule has 4 fully saturated rings. The molecule has 0 aromatic rings. The van der Waals surface area contributed by atoms with Crippen LogP contribution in [-0.4, -0.2) is 117 Å². The average molecular weight is 660 g/mol. The van der Waals surface area contributed by atoms with Crippen molar-refractivity contribution >= 4 is 29.8 Å². The maximum atomic E-state index is 13.1. The Hall–Kier alpha value is -3.57. The third kappa shape index (κ3) is 9.03. The molecule has 0 aromatic heterocycles. The first-order chi connectivity index (χ1) is 21.8. The van der Waals surface area contributed by atoms with Crippen LogP contribution in [0.5, 0.6) is 0 Å². The molecular formula is C29H45N3O14. The number of nitrogens with one attached hydrogen (secondary N) is 1. The molecule has 1 saturated carbocycles. The number of rotatable bonds is 14. The van der Waals surface area contributed by atoms with Crippen molar-refractivity contribution in [2.24, 2.45) is 17.8 Å². The summed E-state index contributed by atoms with van der Waals surface area (Å²) in [5, 5.41) is 39.9. The predicted molar refractivity (Wildman–Crippen MR) is 155 cm³/mol. The first-order valence-electron chi connectivity index (χ1n) is 15.8. The highest BCUT2D eigenvalue weighted by Gasteiger charge is 2.53. The van der Waals surface area contributed by atoms with Crippen LogP contribution in [0.2, 0.25) is 0 Å². The van der Waals surface area contributed by atoms with Gasteiger partial charge in [-0.1, -0.05) is 26.2 Å². The Morgan fingerprint density at radius 1 is 1.04 bits per heavy atom. The molecule has 4 aliphatic rings. The number of carbonyl (C=O) groups is 5. The van der Waals surface area contributed by atoms with E-state index in [1.807, 2.05) is 6.92 Å². The van der Waals surface area contributed by atoms with E-state index in [9.17, 15) is 39.2 Å². The van der Waals surface area contributed by atoms with Gasteiger partial charge in [-0.05, 0) is 45.4 Å². The number of nitrogens with zero attached hydrogens (tertiary/aromatic N) is 2. The summed E-state index contributed by atoms with van der Waals surface area (Å²) in [7, 11) is 0. The molecule has 3 heterocycles. The van der Waals surface area contributed by atoms with E-state index in [0.29, 0.717) is 19.4 Å². The molecule has 260 valence electrons. The van der Waals surface area contributed by atoms with Gasteiger partial charge in [-0.3, -0.25) is 24.5 Å². The Labute approximate surface area is 266 Å². The van der Waals surface area contributed by atoms with E-state index in [2.05, 4.69) is 10.2 Å². The standard InChI is InChI=1S/C19H32N2O5.C10H13NO9/c1-4-8-14(19(25)26-5-2)20-12(3)17(22)21-15-10-7-6-9-13(15)11-16(21)18(23)24;12-7(13)1-4(10(14)15)5-2-18-9-6(20-11(16)17)3-19-8(5)9/h12-16,20H,4-11H2,1-3H3,(H,23,24);4-6,8-9H,1-3H2,(H,12,13)(H,14,15)/t12-,13-,14-,15-,16-;/m0./s1. The summed E-state index contributed by atoms with van der Waals surface area (Å²) in [6, 6.07) is -1.92. The van der Waals surface area contributed by atoms with Crippen LogP contribution in [-0.2, 0) is 43.0 Å². The first-order valence-corrected chi connectivity index (χ1v) is 15.8. The van der Waals surface area contributed by atoms with Gasteiger partial charge in [-0.25, -0.2) is 4.79 Å². The quantitative estimate of drug-likeness (QED) is 0.116. The largest absolute Gasteiger partial charge is 0.481 e. The van der Waals surface area contributed by atoms with Crippen molar-refractivity contribution in [1.82, 2.24) is 10.2 Å². The van der Waals surface area contributed by atoms with Crippen molar-refractivity contribution in [2.45, 2.75) is 115 Å². The molecule has 0 aromatic carbocycles. The lowest BCUT2D eigenvalue weighted by Gasteiger charge is -2.35. The molecule has 1 aliphatic carbocycles. The lowest BCUT2D eigenvalue weighted by molar-refractivity contribution is -0.769. The Morgan fingerprint density at radius 2 is 1.72 bits per heavy atom. The number of esters is 1. The van der Waals surface area contributed by atoms with E-state index >= 15 is 0 Å². The second-order valence-electron chi connectivity index (χ2n) is 12.1. The highest BCUT2D eigenvalue weighted by molar-refractivity contribution is 5.88. The molecule has 4 rings (SSSR count). The van der Waals surface area contributed by atoms with Crippen molar-refractivity contribution in [3.63, 3.8) is 0 Å². The monoisotopic (exact) mass is 659 g/mol. The van der Waals surface area contributed by atoms with Crippen LogP contribution < -0.4 is 5.32 Å². The summed E-state index contributed by atoms with van der Waals surface area (Å²) in [5.41, 5.74) is 0. The molecule has 10 atom stereocenters. The number of carbonyl (C=O) groups excluding carboxylic acids is 2. The number of likely N-dealkylation sites (tertiary alicyclic amines) is 1. The number of hydrogen-bond acceptors (Lipinski definition) is 12. The molecule has 1 amide bonds. The molecule has 17 heteroatoms. The fraction of sp³-hybridized carbons (Fsp3) is 0.828. The predicted octanol–water partition coefficient (Wildman–Crippen LogP) is 1.09. The van der Waals surface area contributed by atoms with Gasteiger partial charge in [0, 0.05) is 12.0 Å². The zero-order chi connectivity index (χ0) is 34.1. The van der Waals surface area contributed by atoms with E-state index in [-0.39, 0.29) is 37.0 Å². The van der Waals surface area contributed by atoms with Crippen LogP contribution in [0.15, 0.2) is 0 Å². The molecule has 4 N–H and O–H groups in total. The lowest BCUT2D eigenvalue weighted by atomic mass is 9.84. The van der Waals surface area contributed by atoms with Crippen LogP contribution in [0.4, 0.5) is 0 Å². The zero-order valence-electron chi connectivity index (χ0n) is 26.3. The molecule has 5 unspecified atom stereocenters. The third-order valence-corrected chi connectivity index (χ3v) is 9.09. The minimum Gasteiger partial charge on any atom is -0.481 e. The van der Waals surface area contributed by atoms with Crippen LogP contribution in [0.1, 0.15) is 72.1 Å². The Bertz CT molecular complexity index is 1120. The van der Waals surface area contributed by atoms with Gasteiger partial charge in [-0.15, -0.1) is 10.1 Å². The smallest absolute Gasteiger partial charge is 0.326 e. The van der Waals surface area contributed by atoms with Crippen LogP contribution in [0.3, 0.4) is 0 Å². The van der Waals surface area contributed by atoms with Gasteiger partial charge >= 0.3 is 23.9 Å². The van der Waals surface area contributed by atoms with E-state index in [1.54, 1.807) is 18.7 Å². The van der Waals surface area contributed by atoms with Gasteiger partial charge < -0.3 is 39.3 Å². The number of fused-ring (bicyclic) bond motifs is 2. The summed E-state index contributed by atoms with van der Waals surface area (Å²) in [6.45, 7) is 5.59. The van der Waals surface area contributed by atoms with Gasteiger partial charge in [0.25, 0.3) is 5.09 Å². The van der Waals surface area contributed by atoms with E-state index < -0.39 is 77.7 Å². The number of aliphatic carboxylic acids is 3. The van der Waals surface area contributed by atoms with Gasteiger partial charge in [-0.2, -0.15) is 0 Å². The molecule has 3 saturated heterocycles. The van der Waals surface area contributed by atoms with Gasteiger partial charge in [0.15, 0.2) is 6.10 Å². The van der Waals surface area contributed by atoms with Gasteiger partial charge in [0.1, 0.15) is 18.2 Å². The van der Waals surface area contributed by atoms with E-state index in [4.69, 9.17) is 24.4 Å². The van der Waals surface area contributed by atoms with Crippen molar-refractivity contribution in [1.29, 1.82) is 0 Å². The average Bonchev–Trinajstić information content (AvgIpc) is 3.70. The molecule has 0 radical (unpaired) electrons. The number of carboxylic acids is 3. The Morgan fingerprint density at radius 3 is 2.30 bits per heavy atom. The maximum Gasteiger partial charge on any atom is 0.326 e. The number of hydrogen-bond donors (Lipinski definition) is 4. The van der Waals surface area contributed by atoms with Crippen LogP contribution in [0, 0.1) is 27.9 Å². The Balaban J connectivity index is 0.000000259. The van der Waals surface area contributed by atoms with Gasteiger partial charge in [0.2, 0.25) is 5.91 Å². The highest BCUT2D eigenvalue weighted by Crippen LogP contribution is 2.40. The highest BCUT2D eigenvalue weighted by atomic mass is 17.0. The van der Waals surface area contributed by atoms with Crippen LogP contribution in [0.25, 0.3) is 0 Å². The normalized spacial score (nSPS) is 30.1. The van der Waals surface area contributed by atoms with Crippen LogP contribution >= 0.6 is 0 Å². The van der Waals surface area contributed by atoms with Crippen molar-refractivity contribution < 1.29 is 63.4 Å². The van der Waals surface area contributed by atoms with Crippen molar-refractivity contribution in [3.8, 4) is 0 Å². The zero-order valence-corrected chi connectivity index (χ0v) is 26.3. The van der Waals surface area contributed by atoms with Crippen molar-refractivity contribution in [2.75, 3.05) is 19.8 Å². The summed E-state index contributed by atoms with van der Waals surface area (Å²) >= 11 is 0. The summed E-state index contributed by atoms with van der Waals surface area (Å²) < 4.78 is 15.7. The minimum atomic E-state index is -1.26. The molecule has 46 heavy (non-hydrogen) atoms. The molecule has 3 aliphatic heterocycles. The molecular weight excluding hydrogens is 614 g/mol. The molecule has 0 spiro atoms. The first kappa shape index (κ1) is 36.9. The topological polar surface area (TPSA) is 241 Å². The minimum absolute atomic E-state index is 0.00817. The second-order valence-corrected chi connectivity index (χ2v) is 12.1. The maximum absolute atomic E-state index is 13.1. The van der Waals surface area contributed by atoms with Gasteiger partial charge in [0.05, 0.1) is 44.3 Å². The SMILES string of the molecule is CCC[C@H](N[C@@H](C)C(=O)N1[C@H](C(=O)O)C[C@@H]2CCCC[C@@H]21)C(=O)OCC.O=C(O)CC(C(=O)O)C1COC2C(O[N+](=O)[O-])COC12. The fourth-order valence-corrected chi connectivity index (χ4v) is 7.04. The van der Waals surface area contributed by atoms with Crippen molar-refractivity contribution in [3.05, 3.63) is 10.1 Å². The number of ether oxygens (including phenoxy) is 3. The van der Waals surface area contributed by atoms with E-state index in [1.165, 1.54) is 0 Å². The summed E-state index contributed by atoms with van der Waals surface area (Å²) in [4.78, 5) is 75.1. The third-order valence-electron chi connectivity index (χ3n) is 9.09. The summed E-state index contributed by atoms with van der Waals surface area (Å²) in [5.74, 6) is -5.59. The lowest BCUT2D eigenvalue weighted by Crippen LogP contribution is -2.55. The molecule has 17 nitrogen and oxygen atoms in total. The Kier molecular flexibility index (Phi) is 13.5. The van der Waals surface area contributed by atoms with E-state index in [0.717, 1.165) is 32.1 Å². The summed E-state index contributed by atoms with van der Waals surface area (Å²) in [6.07, 6.45) is 2.94. The molecule has 0 bridgehead atoms. The fourth-order valence-electron chi connectivity index (χ4n) is 7.04.